The van der Waals surface area contributed by atoms with Crippen molar-refractivity contribution in [2.45, 2.75) is 13.8 Å². The minimum absolute atomic E-state index is 0.0266. The highest BCUT2D eigenvalue weighted by molar-refractivity contribution is 5.91. The minimum Gasteiger partial charge on any atom is -0.354 e. The SMILES string of the molecule is CC(C)C(=O)NCCNC(=O)/C=C/c1cnc2ccccc2n1. The number of fused-ring (bicyclic) bond motifs is 1. The van der Waals surface area contributed by atoms with E-state index in [9.17, 15) is 9.59 Å². The topological polar surface area (TPSA) is 84.0 Å². The monoisotopic (exact) mass is 312 g/mol. The van der Waals surface area contributed by atoms with Crippen LogP contribution in [0.4, 0.5) is 0 Å². The number of nitrogens with zero attached hydrogens (tertiary/aromatic N) is 2. The van der Waals surface area contributed by atoms with Crippen LogP contribution in [0.25, 0.3) is 17.1 Å². The van der Waals surface area contributed by atoms with Gasteiger partial charge < -0.3 is 10.6 Å². The Morgan fingerprint density at radius 2 is 1.83 bits per heavy atom. The van der Waals surface area contributed by atoms with Crippen molar-refractivity contribution in [3.8, 4) is 0 Å². The molecule has 1 aromatic heterocycles. The van der Waals surface area contributed by atoms with Crippen LogP contribution in [0.2, 0.25) is 0 Å². The maximum absolute atomic E-state index is 11.7. The molecular weight excluding hydrogens is 292 g/mol. The van der Waals surface area contributed by atoms with Gasteiger partial charge in [-0.2, -0.15) is 0 Å². The lowest BCUT2D eigenvalue weighted by Crippen LogP contribution is -2.35. The molecule has 2 aromatic rings. The van der Waals surface area contributed by atoms with E-state index in [4.69, 9.17) is 0 Å². The van der Waals surface area contributed by atoms with Crippen molar-refractivity contribution in [1.29, 1.82) is 0 Å². The summed E-state index contributed by atoms with van der Waals surface area (Å²) in [5.41, 5.74) is 2.22. The summed E-state index contributed by atoms with van der Waals surface area (Å²) in [7, 11) is 0. The maximum Gasteiger partial charge on any atom is 0.244 e. The van der Waals surface area contributed by atoms with Gasteiger partial charge >= 0.3 is 0 Å². The molecule has 0 atom stereocenters. The molecule has 0 aliphatic rings. The number of carbonyl (C=O) groups excluding carboxylic acids is 2. The van der Waals surface area contributed by atoms with E-state index in [-0.39, 0.29) is 17.7 Å². The van der Waals surface area contributed by atoms with Crippen molar-refractivity contribution >= 4 is 28.9 Å². The summed E-state index contributed by atoms with van der Waals surface area (Å²) in [6, 6.07) is 7.55. The first kappa shape index (κ1) is 16.6. The van der Waals surface area contributed by atoms with E-state index in [1.165, 1.54) is 6.08 Å². The Labute approximate surface area is 135 Å². The Bertz CT molecular complexity index is 725. The zero-order valence-electron chi connectivity index (χ0n) is 13.2. The number of benzene rings is 1. The van der Waals surface area contributed by atoms with Gasteiger partial charge in [0.2, 0.25) is 11.8 Å². The van der Waals surface area contributed by atoms with Crippen LogP contribution in [0.3, 0.4) is 0 Å². The zero-order valence-corrected chi connectivity index (χ0v) is 13.2. The third-order valence-corrected chi connectivity index (χ3v) is 3.12. The molecule has 0 spiro atoms. The molecule has 2 amide bonds. The first-order chi connectivity index (χ1) is 11.1. The Hall–Kier alpha value is -2.76. The largest absolute Gasteiger partial charge is 0.354 e. The second kappa shape index (κ2) is 8.03. The fourth-order valence-corrected chi connectivity index (χ4v) is 1.85. The van der Waals surface area contributed by atoms with Gasteiger partial charge in [0.1, 0.15) is 0 Å². The summed E-state index contributed by atoms with van der Waals surface area (Å²) in [6.07, 6.45) is 4.64. The van der Waals surface area contributed by atoms with Gasteiger partial charge in [0.25, 0.3) is 0 Å². The van der Waals surface area contributed by atoms with E-state index in [0.29, 0.717) is 18.8 Å². The van der Waals surface area contributed by atoms with Crippen LogP contribution in [0.1, 0.15) is 19.5 Å². The molecule has 6 heteroatoms. The fraction of sp³-hybridized carbons (Fsp3) is 0.294. The van der Waals surface area contributed by atoms with E-state index in [2.05, 4.69) is 20.6 Å². The lowest BCUT2D eigenvalue weighted by Gasteiger charge is -2.07. The number of nitrogens with one attached hydrogen (secondary N) is 2. The predicted molar refractivity (Wildman–Crippen MR) is 89.4 cm³/mol. The molecule has 1 heterocycles. The molecule has 0 aliphatic carbocycles. The minimum atomic E-state index is -0.237. The van der Waals surface area contributed by atoms with Crippen molar-refractivity contribution in [3.63, 3.8) is 0 Å². The van der Waals surface area contributed by atoms with E-state index in [1.807, 2.05) is 38.1 Å². The van der Waals surface area contributed by atoms with Crippen LogP contribution < -0.4 is 10.6 Å². The van der Waals surface area contributed by atoms with Gasteiger partial charge in [0.15, 0.2) is 0 Å². The highest BCUT2D eigenvalue weighted by Crippen LogP contribution is 2.09. The van der Waals surface area contributed by atoms with Crippen molar-refractivity contribution in [1.82, 2.24) is 20.6 Å². The van der Waals surface area contributed by atoms with Crippen LogP contribution in [-0.4, -0.2) is 34.9 Å². The lowest BCUT2D eigenvalue weighted by molar-refractivity contribution is -0.124. The van der Waals surface area contributed by atoms with Crippen molar-refractivity contribution < 1.29 is 9.59 Å². The van der Waals surface area contributed by atoms with Crippen LogP contribution in [0.5, 0.6) is 0 Å². The number of carbonyl (C=O) groups is 2. The molecule has 120 valence electrons. The summed E-state index contributed by atoms with van der Waals surface area (Å²) in [5, 5.41) is 5.43. The van der Waals surface area contributed by atoms with E-state index < -0.39 is 0 Å². The number of amides is 2. The Kier molecular flexibility index (Phi) is 5.80. The summed E-state index contributed by atoms with van der Waals surface area (Å²) in [6.45, 7) is 4.43. The first-order valence-electron chi connectivity index (χ1n) is 7.51. The van der Waals surface area contributed by atoms with Gasteiger partial charge in [0.05, 0.1) is 22.9 Å². The van der Waals surface area contributed by atoms with Crippen LogP contribution >= 0.6 is 0 Å². The molecular formula is C17H20N4O2. The molecule has 0 aliphatic heterocycles. The molecule has 1 aromatic carbocycles. The van der Waals surface area contributed by atoms with Gasteiger partial charge in [0, 0.05) is 25.1 Å². The molecule has 23 heavy (non-hydrogen) atoms. The average molecular weight is 312 g/mol. The van der Waals surface area contributed by atoms with Crippen LogP contribution in [0.15, 0.2) is 36.5 Å². The number of hydrogen-bond acceptors (Lipinski definition) is 4. The molecule has 0 saturated carbocycles. The van der Waals surface area contributed by atoms with E-state index in [1.54, 1.807) is 12.3 Å². The molecule has 0 saturated heterocycles. The van der Waals surface area contributed by atoms with Crippen LogP contribution in [0, 0.1) is 5.92 Å². The van der Waals surface area contributed by atoms with Crippen molar-refractivity contribution in [2.75, 3.05) is 13.1 Å². The summed E-state index contributed by atoms with van der Waals surface area (Å²) >= 11 is 0. The highest BCUT2D eigenvalue weighted by Gasteiger charge is 2.05. The fourth-order valence-electron chi connectivity index (χ4n) is 1.85. The summed E-state index contributed by atoms with van der Waals surface area (Å²) < 4.78 is 0. The first-order valence-corrected chi connectivity index (χ1v) is 7.51. The normalized spacial score (nSPS) is 11.1. The predicted octanol–water partition coefficient (Wildman–Crippen LogP) is 1.53. The molecule has 0 fully saturated rings. The zero-order chi connectivity index (χ0) is 16.7. The standard InChI is InChI=1S/C17H20N4O2/c1-12(2)17(23)19-10-9-18-16(22)8-7-13-11-20-14-5-3-4-6-15(14)21-13/h3-8,11-12H,9-10H2,1-2H3,(H,18,22)(H,19,23)/b8-7+. The summed E-state index contributed by atoms with van der Waals surface area (Å²) in [5.74, 6) is -0.322. The summed E-state index contributed by atoms with van der Waals surface area (Å²) in [4.78, 5) is 31.7. The molecule has 0 bridgehead atoms. The third-order valence-electron chi connectivity index (χ3n) is 3.12. The highest BCUT2D eigenvalue weighted by atomic mass is 16.2. The molecule has 6 nitrogen and oxygen atoms in total. The Morgan fingerprint density at radius 3 is 2.57 bits per heavy atom. The number of aromatic nitrogens is 2. The average Bonchev–Trinajstić information content (AvgIpc) is 2.56. The van der Waals surface area contributed by atoms with Gasteiger partial charge in [-0.25, -0.2) is 4.98 Å². The molecule has 2 N–H and O–H groups in total. The molecule has 0 unspecified atom stereocenters. The van der Waals surface area contributed by atoms with Gasteiger partial charge in [-0.05, 0) is 18.2 Å². The van der Waals surface area contributed by atoms with E-state index >= 15 is 0 Å². The third kappa shape index (κ3) is 5.18. The molecule has 0 radical (unpaired) electrons. The Morgan fingerprint density at radius 1 is 1.13 bits per heavy atom. The van der Waals surface area contributed by atoms with Crippen molar-refractivity contribution in [3.05, 3.63) is 42.2 Å². The smallest absolute Gasteiger partial charge is 0.244 e. The van der Waals surface area contributed by atoms with E-state index in [0.717, 1.165) is 11.0 Å². The van der Waals surface area contributed by atoms with Crippen molar-refractivity contribution in [2.24, 2.45) is 5.92 Å². The Balaban J connectivity index is 1.82. The van der Waals surface area contributed by atoms with Gasteiger partial charge in [-0.15, -0.1) is 0 Å². The second-order valence-corrected chi connectivity index (χ2v) is 5.35. The quantitative estimate of drug-likeness (QED) is 0.626. The second-order valence-electron chi connectivity index (χ2n) is 5.35. The van der Waals surface area contributed by atoms with Crippen LogP contribution in [-0.2, 0) is 9.59 Å². The lowest BCUT2D eigenvalue weighted by atomic mass is 10.2. The number of rotatable bonds is 6. The maximum atomic E-state index is 11.7. The molecule has 2 rings (SSSR count). The van der Waals surface area contributed by atoms with Gasteiger partial charge in [-0.1, -0.05) is 26.0 Å². The number of para-hydroxylation sites is 2. The van der Waals surface area contributed by atoms with Gasteiger partial charge in [-0.3, -0.25) is 14.6 Å². The number of hydrogen-bond donors (Lipinski definition) is 2.